The van der Waals surface area contributed by atoms with Crippen LogP contribution in [0.15, 0.2) is 53.1 Å². The quantitative estimate of drug-likeness (QED) is 0.780. The molecular weight excluding hydrogens is 266 g/mol. The van der Waals surface area contributed by atoms with E-state index in [0.29, 0.717) is 11.8 Å². The predicted molar refractivity (Wildman–Crippen MR) is 83.8 cm³/mol. The normalized spacial score (nSPS) is 23.0. The van der Waals surface area contributed by atoms with Gasteiger partial charge in [0.25, 0.3) is 5.91 Å². The molecule has 20 heavy (non-hydrogen) atoms. The Morgan fingerprint density at radius 2 is 2.10 bits per heavy atom. The molecule has 0 spiro atoms. The summed E-state index contributed by atoms with van der Waals surface area (Å²) in [6.07, 6.45) is 9.68. The topological polar surface area (TPSA) is 20.3 Å². The molecule has 1 aromatic carbocycles. The molecule has 3 heteroatoms. The van der Waals surface area contributed by atoms with E-state index in [-0.39, 0.29) is 5.91 Å². The van der Waals surface area contributed by atoms with Crippen LogP contribution in [0.1, 0.15) is 23.7 Å². The van der Waals surface area contributed by atoms with Crippen LogP contribution in [0.25, 0.3) is 0 Å². The number of carbonyl (C=O) groups excluding carboxylic acids is 1. The lowest BCUT2D eigenvalue weighted by Crippen LogP contribution is -2.31. The fraction of sp³-hybridized carbons (Fsp3) is 0.353. The second-order valence-corrected chi connectivity index (χ2v) is 6.14. The summed E-state index contributed by atoms with van der Waals surface area (Å²) in [6, 6.07) is 7.89. The van der Waals surface area contributed by atoms with E-state index in [1.807, 2.05) is 42.3 Å². The molecule has 0 bridgehead atoms. The highest BCUT2D eigenvalue weighted by Gasteiger charge is 2.42. The van der Waals surface area contributed by atoms with E-state index in [2.05, 4.69) is 18.2 Å². The molecule has 0 saturated heterocycles. The monoisotopic (exact) mass is 285 g/mol. The molecule has 2 aliphatic rings. The average Bonchev–Trinajstić information content (AvgIpc) is 3.28. The van der Waals surface area contributed by atoms with Gasteiger partial charge in [0.15, 0.2) is 0 Å². The molecule has 1 saturated carbocycles. The molecule has 2 unspecified atom stereocenters. The Labute approximate surface area is 124 Å². The van der Waals surface area contributed by atoms with E-state index in [4.69, 9.17) is 0 Å². The lowest BCUT2D eigenvalue weighted by atomic mass is 10.1. The SMILES string of the molecule is CCN(C(=O)c1ccc(SC)cc1)C1=CC=CC2CC12. The first-order valence-electron chi connectivity index (χ1n) is 7.09. The summed E-state index contributed by atoms with van der Waals surface area (Å²) >= 11 is 1.69. The summed E-state index contributed by atoms with van der Waals surface area (Å²) in [7, 11) is 0. The molecular formula is C17H19NOS. The highest BCUT2D eigenvalue weighted by Crippen LogP contribution is 2.48. The lowest BCUT2D eigenvalue weighted by Gasteiger charge is -2.25. The number of hydrogen-bond donors (Lipinski definition) is 0. The lowest BCUT2D eigenvalue weighted by molar-refractivity contribution is 0.0804. The standard InChI is InChI=1S/C17H19NOS/c1-3-18(16-6-4-5-13-11-15(13)16)17(19)12-7-9-14(20-2)10-8-12/h4-10,13,15H,3,11H2,1-2H3. The van der Waals surface area contributed by atoms with Gasteiger partial charge in [0.2, 0.25) is 0 Å². The van der Waals surface area contributed by atoms with E-state index in [1.165, 1.54) is 17.0 Å². The highest BCUT2D eigenvalue weighted by atomic mass is 32.2. The van der Waals surface area contributed by atoms with Crippen LogP contribution in [0, 0.1) is 11.8 Å². The third-order valence-corrected chi connectivity index (χ3v) is 4.80. The van der Waals surface area contributed by atoms with Crippen molar-refractivity contribution in [3.05, 3.63) is 53.8 Å². The Morgan fingerprint density at radius 3 is 2.75 bits per heavy atom. The first-order valence-corrected chi connectivity index (χ1v) is 8.31. The number of fused-ring (bicyclic) bond motifs is 1. The van der Waals surface area contributed by atoms with Gasteiger partial charge in [-0.2, -0.15) is 0 Å². The maximum Gasteiger partial charge on any atom is 0.258 e. The zero-order valence-corrected chi connectivity index (χ0v) is 12.7. The van der Waals surface area contributed by atoms with Crippen LogP contribution in [0.4, 0.5) is 0 Å². The molecule has 2 nitrogen and oxygen atoms in total. The summed E-state index contributed by atoms with van der Waals surface area (Å²) < 4.78 is 0. The van der Waals surface area contributed by atoms with Gasteiger partial charge in [-0.15, -0.1) is 11.8 Å². The Bertz CT molecular complexity index is 573. The van der Waals surface area contributed by atoms with Crippen molar-refractivity contribution in [2.75, 3.05) is 12.8 Å². The summed E-state index contributed by atoms with van der Waals surface area (Å²) in [4.78, 5) is 15.8. The fourth-order valence-corrected chi connectivity index (χ4v) is 3.22. The molecule has 2 atom stereocenters. The van der Waals surface area contributed by atoms with Crippen molar-refractivity contribution in [2.45, 2.75) is 18.2 Å². The maximum absolute atomic E-state index is 12.7. The van der Waals surface area contributed by atoms with Crippen LogP contribution in [-0.2, 0) is 0 Å². The number of hydrogen-bond acceptors (Lipinski definition) is 2. The Kier molecular flexibility index (Phi) is 3.70. The smallest absolute Gasteiger partial charge is 0.258 e. The van der Waals surface area contributed by atoms with Crippen molar-refractivity contribution in [2.24, 2.45) is 11.8 Å². The minimum Gasteiger partial charge on any atom is -0.312 e. The number of benzene rings is 1. The van der Waals surface area contributed by atoms with Crippen molar-refractivity contribution >= 4 is 17.7 Å². The minimum atomic E-state index is 0.118. The first kappa shape index (κ1) is 13.5. The van der Waals surface area contributed by atoms with Crippen LogP contribution in [0.2, 0.25) is 0 Å². The molecule has 0 N–H and O–H groups in total. The maximum atomic E-state index is 12.7. The summed E-state index contributed by atoms with van der Waals surface area (Å²) in [5.41, 5.74) is 1.97. The van der Waals surface area contributed by atoms with E-state index < -0.39 is 0 Å². The Balaban J connectivity index is 1.83. The number of amides is 1. The van der Waals surface area contributed by atoms with E-state index in [0.717, 1.165) is 12.1 Å². The third-order valence-electron chi connectivity index (χ3n) is 4.06. The molecule has 2 aliphatic carbocycles. The van der Waals surface area contributed by atoms with Crippen LogP contribution in [0.5, 0.6) is 0 Å². The van der Waals surface area contributed by atoms with Crippen molar-refractivity contribution in [3.63, 3.8) is 0 Å². The molecule has 104 valence electrons. The van der Waals surface area contributed by atoms with E-state index >= 15 is 0 Å². The van der Waals surface area contributed by atoms with Crippen molar-refractivity contribution in [1.82, 2.24) is 4.90 Å². The van der Waals surface area contributed by atoms with Crippen molar-refractivity contribution in [3.8, 4) is 0 Å². The van der Waals surface area contributed by atoms with Crippen molar-refractivity contribution < 1.29 is 4.79 Å². The first-order chi connectivity index (χ1) is 9.74. The Morgan fingerprint density at radius 1 is 1.35 bits per heavy atom. The van der Waals surface area contributed by atoms with E-state index in [1.54, 1.807) is 11.8 Å². The summed E-state index contributed by atoms with van der Waals surface area (Å²) in [5.74, 6) is 1.34. The zero-order valence-electron chi connectivity index (χ0n) is 11.9. The minimum absolute atomic E-state index is 0.118. The van der Waals surface area contributed by atoms with Gasteiger partial charge in [0.05, 0.1) is 0 Å². The van der Waals surface area contributed by atoms with Gasteiger partial charge in [0, 0.05) is 28.6 Å². The second-order valence-electron chi connectivity index (χ2n) is 5.26. The highest BCUT2D eigenvalue weighted by molar-refractivity contribution is 7.98. The summed E-state index contributed by atoms with van der Waals surface area (Å²) in [5, 5.41) is 0. The van der Waals surface area contributed by atoms with Gasteiger partial charge >= 0.3 is 0 Å². The molecule has 3 rings (SSSR count). The molecule has 0 radical (unpaired) electrons. The van der Waals surface area contributed by atoms with Crippen molar-refractivity contribution in [1.29, 1.82) is 0 Å². The number of thioether (sulfide) groups is 1. The molecule has 1 aromatic rings. The van der Waals surface area contributed by atoms with Crippen LogP contribution >= 0.6 is 11.8 Å². The zero-order chi connectivity index (χ0) is 14.1. The van der Waals surface area contributed by atoms with E-state index in [9.17, 15) is 4.79 Å². The molecule has 0 heterocycles. The molecule has 0 aromatic heterocycles. The van der Waals surface area contributed by atoms with Gasteiger partial charge in [-0.1, -0.05) is 12.2 Å². The van der Waals surface area contributed by atoms with Crippen LogP contribution in [0.3, 0.4) is 0 Å². The van der Waals surface area contributed by atoms with Crippen LogP contribution < -0.4 is 0 Å². The van der Waals surface area contributed by atoms with Gasteiger partial charge < -0.3 is 4.90 Å². The number of rotatable bonds is 4. The Hall–Kier alpha value is -1.48. The number of nitrogens with zero attached hydrogens (tertiary/aromatic N) is 1. The molecule has 0 aliphatic heterocycles. The molecule has 1 fully saturated rings. The van der Waals surface area contributed by atoms with Gasteiger partial charge in [0.1, 0.15) is 0 Å². The van der Waals surface area contributed by atoms with Gasteiger partial charge in [-0.25, -0.2) is 0 Å². The fourth-order valence-electron chi connectivity index (χ4n) is 2.81. The third kappa shape index (κ3) is 2.42. The predicted octanol–water partition coefficient (Wildman–Crippen LogP) is 3.96. The van der Waals surface area contributed by atoms with Crippen LogP contribution in [-0.4, -0.2) is 23.6 Å². The van der Waals surface area contributed by atoms with Gasteiger partial charge in [-0.3, -0.25) is 4.79 Å². The number of allylic oxidation sites excluding steroid dienone is 4. The largest absolute Gasteiger partial charge is 0.312 e. The number of carbonyl (C=O) groups is 1. The second kappa shape index (κ2) is 5.49. The summed E-state index contributed by atoms with van der Waals surface area (Å²) in [6.45, 7) is 2.77. The average molecular weight is 285 g/mol. The molecule has 1 amide bonds. The van der Waals surface area contributed by atoms with Gasteiger partial charge in [-0.05, 0) is 55.9 Å².